The molecule has 0 fully saturated rings. The third kappa shape index (κ3) is 4.19. The third-order valence-corrected chi connectivity index (χ3v) is 1.03. The SMILES string of the molecule is CCCC(O)OP=O. The third-order valence-electron chi connectivity index (χ3n) is 0.700. The highest BCUT2D eigenvalue weighted by atomic mass is 31.1. The molecule has 0 saturated heterocycles. The maximum Gasteiger partial charge on any atom is 0.329 e. The average Bonchev–Trinajstić information content (AvgIpc) is 1.68. The van der Waals surface area contributed by atoms with Crippen molar-refractivity contribution in [1.29, 1.82) is 0 Å². The molecule has 0 amide bonds. The molecule has 0 aliphatic rings. The molecule has 1 N–H and O–H groups in total. The van der Waals surface area contributed by atoms with Gasteiger partial charge in [-0.1, -0.05) is 13.3 Å². The van der Waals surface area contributed by atoms with E-state index in [1.807, 2.05) is 6.92 Å². The van der Waals surface area contributed by atoms with Gasteiger partial charge >= 0.3 is 8.69 Å². The van der Waals surface area contributed by atoms with E-state index in [1.54, 1.807) is 0 Å². The summed E-state index contributed by atoms with van der Waals surface area (Å²) in [6, 6.07) is 0. The van der Waals surface area contributed by atoms with Crippen LogP contribution in [0.3, 0.4) is 0 Å². The normalized spacial score (nSPS) is 14.2. The van der Waals surface area contributed by atoms with Gasteiger partial charge in [-0.3, -0.25) is 4.52 Å². The van der Waals surface area contributed by atoms with Crippen LogP contribution < -0.4 is 0 Å². The van der Waals surface area contributed by atoms with E-state index in [2.05, 4.69) is 4.52 Å². The number of hydrogen-bond donors (Lipinski definition) is 1. The first kappa shape index (κ1) is 8.02. The Hall–Kier alpha value is 0.0200. The Labute approximate surface area is 49.9 Å². The van der Waals surface area contributed by atoms with E-state index in [-0.39, 0.29) is 0 Å². The first-order chi connectivity index (χ1) is 3.81. The smallest absolute Gasteiger partial charge is 0.329 e. The van der Waals surface area contributed by atoms with Gasteiger partial charge in [0.1, 0.15) is 0 Å². The number of hydrogen-bond acceptors (Lipinski definition) is 3. The van der Waals surface area contributed by atoms with Crippen molar-refractivity contribution in [1.82, 2.24) is 0 Å². The molecule has 0 aromatic carbocycles. The number of aliphatic hydroxyl groups excluding tert-OH is 1. The van der Waals surface area contributed by atoms with Crippen LogP contribution in [-0.4, -0.2) is 11.4 Å². The van der Waals surface area contributed by atoms with E-state index in [0.29, 0.717) is 6.42 Å². The van der Waals surface area contributed by atoms with Gasteiger partial charge < -0.3 is 5.11 Å². The highest BCUT2D eigenvalue weighted by molar-refractivity contribution is 7.17. The van der Waals surface area contributed by atoms with Crippen molar-refractivity contribution in [2.45, 2.75) is 26.1 Å². The summed E-state index contributed by atoms with van der Waals surface area (Å²) in [4.78, 5) is 0. The van der Waals surface area contributed by atoms with Gasteiger partial charge in [0.25, 0.3) is 0 Å². The Morgan fingerprint density at radius 3 is 2.88 bits per heavy atom. The van der Waals surface area contributed by atoms with E-state index < -0.39 is 15.0 Å². The van der Waals surface area contributed by atoms with E-state index in [1.165, 1.54) is 0 Å². The minimum absolute atomic E-state index is 0.451. The van der Waals surface area contributed by atoms with Crippen LogP contribution in [0.15, 0.2) is 0 Å². The fraction of sp³-hybridized carbons (Fsp3) is 1.00. The second-order valence-corrected chi connectivity index (χ2v) is 1.78. The van der Waals surface area contributed by atoms with Crippen LogP contribution in [0, 0.1) is 0 Å². The highest BCUT2D eigenvalue weighted by Gasteiger charge is 1.99. The molecule has 0 aromatic rings. The molecule has 3 nitrogen and oxygen atoms in total. The zero-order valence-corrected chi connectivity index (χ0v) is 5.60. The van der Waals surface area contributed by atoms with Gasteiger partial charge in [0, 0.05) is 0 Å². The lowest BCUT2D eigenvalue weighted by Gasteiger charge is -2.00. The Morgan fingerprint density at radius 2 is 2.50 bits per heavy atom. The second-order valence-electron chi connectivity index (χ2n) is 1.42. The van der Waals surface area contributed by atoms with E-state index >= 15 is 0 Å². The molecule has 0 aromatic heterocycles. The first-order valence-corrected chi connectivity index (χ1v) is 3.20. The Morgan fingerprint density at radius 1 is 1.88 bits per heavy atom. The summed E-state index contributed by atoms with van der Waals surface area (Å²) in [7, 11) is -0.451. The van der Waals surface area contributed by atoms with Crippen LogP contribution in [0.4, 0.5) is 0 Å². The van der Waals surface area contributed by atoms with Gasteiger partial charge in [0.2, 0.25) is 0 Å². The molecule has 0 spiro atoms. The molecule has 0 radical (unpaired) electrons. The molecule has 48 valence electrons. The zero-order valence-electron chi connectivity index (χ0n) is 4.70. The molecule has 0 heterocycles. The monoisotopic (exact) mass is 136 g/mol. The van der Waals surface area contributed by atoms with E-state index in [9.17, 15) is 4.57 Å². The lowest BCUT2D eigenvalue weighted by molar-refractivity contribution is -0.0136. The minimum atomic E-state index is -0.862. The van der Waals surface area contributed by atoms with E-state index in [4.69, 9.17) is 5.11 Å². The van der Waals surface area contributed by atoms with Gasteiger partial charge in [-0.2, -0.15) is 0 Å². The number of aliphatic hydroxyl groups is 1. The van der Waals surface area contributed by atoms with E-state index in [0.717, 1.165) is 6.42 Å². The maximum absolute atomic E-state index is 9.61. The quantitative estimate of drug-likeness (QED) is 0.468. The van der Waals surface area contributed by atoms with Crippen LogP contribution in [0.25, 0.3) is 0 Å². The molecule has 0 rings (SSSR count). The summed E-state index contributed by atoms with van der Waals surface area (Å²) in [5, 5.41) is 8.62. The standard InChI is InChI=1S/C4H9O3P/c1-2-3-4(5)7-8-6/h4-5H,2-3H2,1H3. The fourth-order valence-electron chi connectivity index (χ4n) is 0.349. The van der Waals surface area contributed by atoms with Gasteiger partial charge in [-0.25, -0.2) is 4.57 Å². The highest BCUT2D eigenvalue weighted by Crippen LogP contribution is 2.04. The molecular formula is C4H9O3P. The molecule has 4 heteroatoms. The summed E-state index contributed by atoms with van der Waals surface area (Å²) in [6.45, 7) is 1.91. The molecule has 0 saturated carbocycles. The summed E-state index contributed by atoms with van der Waals surface area (Å²) < 4.78 is 13.9. The molecule has 0 aliphatic heterocycles. The lowest BCUT2D eigenvalue weighted by atomic mass is 10.3. The lowest BCUT2D eigenvalue weighted by Crippen LogP contribution is -2.03. The van der Waals surface area contributed by atoms with Gasteiger partial charge in [0.15, 0.2) is 6.29 Å². The Balaban J connectivity index is 3.03. The van der Waals surface area contributed by atoms with Crippen LogP contribution in [0.2, 0.25) is 0 Å². The summed E-state index contributed by atoms with van der Waals surface area (Å²) in [5.41, 5.74) is 0. The summed E-state index contributed by atoms with van der Waals surface area (Å²) in [5.74, 6) is 0. The fourth-order valence-corrected chi connectivity index (χ4v) is 0.554. The molecule has 0 aliphatic carbocycles. The maximum atomic E-state index is 9.61. The number of rotatable bonds is 4. The molecule has 0 bridgehead atoms. The van der Waals surface area contributed by atoms with Crippen molar-refractivity contribution in [3.63, 3.8) is 0 Å². The molecule has 1 atom stereocenters. The van der Waals surface area contributed by atoms with Crippen molar-refractivity contribution in [2.75, 3.05) is 0 Å². The van der Waals surface area contributed by atoms with Crippen molar-refractivity contribution in [2.24, 2.45) is 0 Å². The van der Waals surface area contributed by atoms with Gasteiger partial charge in [0.05, 0.1) is 0 Å². The summed E-state index contributed by atoms with van der Waals surface area (Å²) in [6.07, 6.45) is 0.505. The van der Waals surface area contributed by atoms with Crippen molar-refractivity contribution in [3.8, 4) is 0 Å². The predicted octanol–water partition coefficient (Wildman–Crippen LogP) is 1.33. The minimum Gasteiger partial charge on any atom is -0.367 e. The molecular weight excluding hydrogens is 127 g/mol. The van der Waals surface area contributed by atoms with Crippen molar-refractivity contribution < 1.29 is 14.2 Å². The summed E-state index contributed by atoms with van der Waals surface area (Å²) >= 11 is 0. The van der Waals surface area contributed by atoms with Crippen LogP contribution in [0.1, 0.15) is 19.8 Å². The van der Waals surface area contributed by atoms with Crippen molar-refractivity contribution >= 4 is 8.69 Å². The zero-order chi connectivity index (χ0) is 6.41. The van der Waals surface area contributed by atoms with Crippen molar-refractivity contribution in [3.05, 3.63) is 0 Å². The molecule has 1 unspecified atom stereocenters. The average molecular weight is 136 g/mol. The van der Waals surface area contributed by atoms with Crippen LogP contribution in [0.5, 0.6) is 0 Å². The molecule has 8 heavy (non-hydrogen) atoms. The van der Waals surface area contributed by atoms with Gasteiger partial charge in [-0.05, 0) is 6.42 Å². The largest absolute Gasteiger partial charge is 0.367 e. The van der Waals surface area contributed by atoms with Crippen LogP contribution >= 0.6 is 8.69 Å². The predicted molar refractivity (Wildman–Crippen MR) is 29.6 cm³/mol. The topological polar surface area (TPSA) is 46.5 Å². The van der Waals surface area contributed by atoms with Gasteiger partial charge in [-0.15, -0.1) is 0 Å². The second kappa shape index (κ2) is 5.16. The Bertz CT molecular complexity index is 66.3. The Kier molecular flexibility index (Phi) is 5.18. The first-order valence-electron chi connectivity index (χ1n) is 2.47. The van der Waals surface area contributed by atoms with Crippen LogP contribution in [-0.2, 0) is 9.09 Å².